The number of rotatable bonds is 5. The van der Waals surface area contributed by atoms with Crippen LogP contribution >= 0.6 is 0 Å². The van der Waals surface area contributed by atoms with Crippen LogP contribution in [0.5, 0.6) is 0 Å². The predicted molar refractivity (Wildman–Crippen MR) is 123 cm³/mol. The van der Waals surface area contributed by atoms with E-state index in [1.807, 2.05) is 51.1 Å². The molecule has 1 aliphatic carbocycles. The molecule has 0 radical (unpaired) electrons. The van der Waals surface area contributed by atoms with E-state index in [1.165, 1.54) is 0 Å². The lowest BCUT2D eigenvalue weighted by Gasteiger charge is -2.19. The number of para-hydroxylation sites is 1. The maximum absolute atomic E-state index is 13.4. The molecular formula is C24H27N3O3S. The molecule has 6 nitrogen and oxygen atoms in total. The second kappa shape index (κ2) is 8.30. The number of aromatic nitrogens is 2. The van der Waals surface area contributed by atoms with Crippen LogP contribution in [-0.4, -0.2) is 18.6 Å². The minimum Gasteiger partial charge on any atom is -0.279 e. The van der Waals surface area contributed by atoms with Gasteiger partial charge < -0.3 is 0 Å². The number of fused-ring (bicyclic) bond motifs is 1. The van der Waals surface area contributed by atoms with Gasteiger partial charge in [-0.25, -0.2) is 13.5 Å². The molecule has 0 aliphatic heterocycles. The second-order valence-corrected chi connectivity index (χ2v) is 9.76. The van der Waals surface area contributed by atoms with E-state index in [0.717, 1.165) is 53.5 Å². The summed E-state index contributed by atoms with van der Waals surface area (Å²) in [5.41, 5.74) is 6.01. The van der Waals surface area contributed by atoms with E-state index < -0.39 is 10.0 Å². The summed E-state index contributed by atoms with van der Waals surface area (Å²) in [4.78, 5) is 12.5. The van der Waals surface area contributed by atoms with E-state index in [0.29, 0.717) is 23.4 Å². The molecule has 0 saturated carbocycles. The average Bonchev–Trinajstić information content (AvgIpc) is 2.76. The molecule has 7 heteroatoms. The summed E-state index contributed by atoms with van der Waals surface area (Å²) in [5.74, 6) is 0. The first-order valence-corrected chi connectivity index (χ1v) is 12.1. The Morgan fingerprint density at radius 1 is 1.03 bits per heavy atom. The molecule has 4 rings (SSSR count). The fourth-order valence-corrected chi connectivity index (χ4v) is 5.85. The monoisotopic (exact) mass is 437 g/mol. The van der Waals surface area contributed by atoms with Crippen molar-refractivity contribution in [3.8, 4) is 11.3 Å². The number of aryl methyl sites for hydroxylation is 3. The molecule has 0 amide bonds. The number of benzene rings is 2. The number of sulfonamides is 1. The van der Waals surface area contributed by atoms with Gasteiger partial charge in [0.05, 0.1) is 16.3 Å². The number of aromatic amines is 1. The largest absolute Gasteiger partial charge is 0.279 e. The van der Waals surface area contributed by atoms with Crippen LogP contribution in [0.4, 0.5) is 5.69 Å². The van der Waals surface area contributed by atoms with E-state index in [1.54, 1.807) is 6.07 Å². The molecule has 31 heavy (non-hydrogen) atoms. The summed E-state index contributed by atoms with van der Waals surface area (Å²) in [6.45, 7) is 5.71. The van der Waals surface area contributed by atoms with E-state index >= 15 is 0 Å². The van der Waals surface area contributed by atoms with E-state index in [2.05, 4.69) is 14.9 Å². The van der Waals surface area contributed by atoms with Crippen molar-refractivity contribution in [1.29, 1.82) is 0 Å². The SMILES string of the molecule is CCc1ccc(-c2n[nH]c(=O)c3c2CCCC3)cc1S(=O)(=O)Nc1c(C)cccc1C. The molecule has 1 aliphatic rings. The fraction of sp³-hybridized carbons (Fsp3) is 0.333. The summed E-state index contributed by atoms with van der Waals surface area (Å²) in [6.07, 6.45) is 4.07. The molecule has 162 valence electrons. The smallest absolute Gasteiger partial charge is 0.267 e. The van der Waals surface area contributed by atoms with Crippen molar-refractivity contribution in [2.24, 2.45) is 0 Å². The maximum atomic E-state index is 13.4. The summed E-state index contributed by atoms with van der Waals surface area (Å²) in [5, 5.41) is 6.90. The molecule has 0 saturated heterocycles. The molecule has 0 atom stereocenters. The zero-order valence-electron chi connectivity index (χ0n) is 18.1. The van der Waals surface area contributed by atoms with Gasteiger partial charge in [0.25, 0.3) is 15.6 Å². The van der Waals surface area contributed by atoms with Gasteiger partial charge in [0.1, 0.15) is 0 Å². The lowest BCUT2D eigenvalue weighted by atomic mass is 9.89. The highest BCUT2D eigenvalue weighted by Crippen LogP contribution is 2.32. The molecule has 0 bridgehead atoms. The number of anilines is 1. The Labute approximate surface area is 182 Å². The predicted octanol–water partition coefficient (Wildman–Crippen LogP) is 4.30. The van der Waals surface area contributed by atoms with Crippen LogP contribution in [0.1, 0.15) is 47.6 Å². The number of hydrogen-bond donors (Lipinski definition) is 2. The van der Waals surface area contributed by atoms with Gasteiger partial charge in [-0.1, -0.05) is 37.3 Å². The Balaban J connectivity index is 1.84. The Kier molecular flexibility index (Phi) is 5.71. The third-order valence-corrected chi connectivity index (χ3v) is 7.46. The summed E-state index contributed by atoms with van der Waals surface area (Å²) in [6, 6.07) is 11.1. The van der Waals surface area contributed by atoms with Crippen LogP contribution in [0.3, 0.4) is 0 Å². The highest BCUT2D eigenvalue weighted by molar-refractivity contribution is 7.92. The van der Waals surface area contributed by atoms with Crippen molar-refractivity contribution >= 4 is 15.7 Å². The summed E-state index contributed by atoms with van der Waals surface area (Å²) < 4.78 is 29.6. The Bertz CT molecular complexity index is 1290. The van der Waals surface area contributed by atoms with Crippen molar-refractivity contribution in [2.45, 2.75) is 57.8 Å². The van der Waals surface area contributed by atoms with E-state index in [4.69, 9.17) is 0 Å². The summed E-state index contributed by atoms with van der Waals surface area (Å²) >= 11 is 0. The zero-order chi connectivity index (χ0) is 22.2. The standard InChI is InChI=1S/C24H27N3O3S/c1-4-17-12-13-18(23-19-10-5-6-11-20(19)24(28)26-25-23)14-21(17)31(29,30)27-22-15(2)8-7-9-16(22)3/h7-9,12-14,27H,4-6,10-11H2,1-3H3,(H,26,28). The van der Waals surface area contributed by atoms with Crippen molar-refractivity contribution in [3.63, 3.8) is 0 Å². The van der Waals surface area contributed by atoms with E-state index in [9.17, 15) is 13.2 Å². The van der Waals surface area contributed by atoms with Gasteiger partial charge in [-0.05, 0) is 74.3 Å². The molecule has 0 fully saturated rings. The quantitative estimate of drug-likeness (QED) is 0.623. The van der Waals surface area contributed by atoms with Crippen molar-refractivity contribution in [3.05, 3.63) is 74.6 Å². The first-order valence-electron chi connectivity index (χ1n) is 10.6. The van der Waals surface area contributed by atoms with Gasteiger partial charge in [-0.3, -0.25) is 9.52 Å². The van der Waals surface area contributed by atoms with E-state index in [-0.39, 0.29) is 10.5 Å². The van der Waals surface area contributed by atoms with Crippen LogP contribution in [-0.2, 0) is 29.3 Å². The molecular weight excluding hydrogens is 410 g/mol. The Morgan fingerprint density at radius 3 is 2.39 bits per heavy atom. The third kappa shape index (κ3) is 4.02. The van der Waals surface area contributed by atoms with Crippen molar-refractivity contribution in [2.75, 3.05) is 4.72 Å². The van der Waals surface area contributed by atoms with Crippen LogP contribution in [0.25, 0.3) is 11.3 Å². The molecule has 0 spiro atoms. The van der Waals surface area contributed by atoms with Gasteiger partial charge in [0.2, 0.25) is 0 Å². The van der Waals surface area contributed by atoms with Gasteiger partial charge in [0, 0.05) is 11.1 Å². The molecule has 1 heterocycles. The number of H-pyrrole nitrogens is 1. The number of nitrogens with zero attached hydrogens (tertiary/aromatic N) is 1. The first-order chi connectivity index (χ1) is 14.8. The molecule has 1 aromatic heterocycles. The maximum Gasteiger partial charge on any atom is 0.267 e. The number of hydrogen-bond acceptors (Lipinski definition) is 4. The van der Waals surface area contributed by atoms with Gasteiger partial charge in [0.15, 0.2) is 0 Å². The molecule has 2 aromatic carbocycles. The van der Waals surface area contributed by atoms with Gasteiger partial charge in [-0.15, -0.1) is 0 Å². The highest BCUT2D eigenvalue weighted by atomic mass is 32.2. The zero-order valence-corrected chi connectivity index (χ0v) is 18.9. The van der Waals surface area contributed by atoms with Crippen LogP contribution < -0.4 is 10.3 Å². The first kappa shape index (κ1) is 21.3. The second-order valence-electron chi connectivity index (χ2n) is 8.11. The summed E-state index contributed by atoms with van der Waals surface area (Å²) in [7, 11) is -3.81. The minimum absolute atomic E-state index is 0.145. The van der Waals surface area contributed by atoms with Crippen LogP contribution in [0.2, 0.25) is 0 Å². The number of nitrogens with one attached hydrogen (secondary N) is 2. The molecule has 2 N–H and O–H groups in total. The van der Waals surface area contributed by atoms with Gasteiger partial charge in [-0.2, -0.15) is 5.10 Å². The average molecular weight is 438 g/mol. The molecule has 3 aromatic rings. The third-order valence-electron chi connectivity index (χ3n) is 6.03. The van der Waals surface area contributed by atoms with Crippen LogP contribution in [0, 0.1) is 13.8 Å². The normalized spacial score (nSPS) is 13.6. The van der Waals surface area contributed by atoms with Gasteiger partial charge >= 0.3 is 0 Å². The lowest BCUT2D eigenvalue weighted by Crippen LogP contribution is -2.22. The Hall–Kier alpha value is -2.93. The topological polar surface area (TPSA) is 91.9 Å². The lowest BCUT2D eigenvalue weighted by molar-refractivity contribution is 0.600. The van der Waals surface area contributed by atoms with Crippen molar-refractivity contribution in [1.82, 2.24) is 10.2 Å². The fourth-order valence-electron chi connectivity index (χ4n) is 4.31. The van der Waals surface area contributed by atoms with Crippen LogP contribution in [0.15, 0.2) is 46.1 Å². The highest BCUT2D eigenvalue weighted by Gasteiger charge is 2.23. The van der Waals surface area contributed by atoms with Crippen molar-refractivity contribution < 1.29 is 8.42 Å². The Morgan fingerprint density at radius 2 is 1.71 bits per heavy atom. The molecule has 0 unspecified atom stereocenters. The minimum atomic E-state index is -3.81.